The van der Waals surface area contributed by atoms with Gasteiger partial charge in [-0.1, -0.05) is 103 Å². The van der Waals surface area contributed by atoms with Gasteiger partial charge in [-0.2, -0.15) is 5.26 Å². The summed E-state index contributed by atoms with van der Waals surface area (Å²) in [5, 5.41) is 15.4. The van der Waals surface area contributed by atoms with E-state index in [1.54, 1.807) is 0 Å². The molecule has 0 radical (unpaired) electrons. The maximum atomic E-state index is 10.3. The number of rotatable bonds is 4. The van der Waals surface area contributed by atoms with E-state index < -0.39 is 0 Å². The third kappa shape index (κ3) is 4.35. The van der Waals surface area contributed by atoms with Crippen molar-refractivity contribution in [2.75, 3.05) is 0 Å². The monoisotopic (exact) mass is 619 g/mol. The Labute approximate surface area is 274 Å². The van der Waals surface area contributed by atoms with Crippen molar-refractivity contribution in [2.45, 2.75) is 0 Å². The Balaban J connectivity index is 1.33. The van der Waals surface area contributed by atoms with Gasteiger partial charge in [0.25, 0.3) is 0 Å². The van der Waals surface area contributed by atoms with Crippen LogP contribution in [0.5, 0.6) is 0 Å². The molecule has 9 aromatic rings. The molecule has 0 atom stereocenters. The zero-order valence-electron chi connectivity index (χ0n) is 24.7. The van der Waals surface area contributed by atoms with Crippen molar-refractivity contribution >= 4 is 63.0 Å². The van der Waals surface area contributed by atoms with Gasteiger partial charge < -0.3 is 0 Å². The van der Waals surface area contributed by atoms with Crippen LogP contribution in [0.2, 0.25) is 0 Å². The maximum absolute atomic E-state index is 10.3. The van der Waals surface area contributed by atoms with Crippen LogP contribution in [0.1, 0.15) is 5.56 Å². The second-order valence-electron chi connectivity index (χ2n) is 11.6. The van der Waals surface area contributed by atoms with Gasteiger partial charge >= 0.3 is 0 Å². The summed E-state index contributed by atoms with van der Waals surface area (Å²) in [7, 11) is 0. The molecule has 0 aliphatic heterocycles. The maximum Gasteiger partial charge on any atom is 0.0998 e. The van der Waals surface area contributed by atoms with E-state index in [0.29, 0.717) is 5.56 Å². The Kier molecular flexibility index (Phi) is 6.31. The SMILES string of the molecule is N#Cc1cc(-c2cc(-c3cccc4sc5ccccc5c34)cc(-c3cccc4sc5ccccc5c34)c2)ccc1-c1ccccc1. The number of hydrogen-bond donors (Lipinski definition) is 0. The molecule has 1 nitrogen and oxygen atoms in total. The lowest BCUT2D eigenvalue weighted by molar-refractivity contribution is 1.47. The van der Waals surface area contributed by atoms with Crippen LogP contribution in [0.25, 0.3) is 84.9 Å². The van der Waals surface area contributed by atoms with Crippen LogP contribution < -0.4 is 0 Å². The molecule has 214 valence electrons. The molecule has 0 spiro atoms. The van der Waals surface area contributed by atoms with Gasteiger partial charge in [0.1, 0.15) is 0 Å². The predicted molar refractivity (Wildman–Crippen MR) is 199 cm³/mol. The van der Waals surface area contributed by atoms with Crippen LogP contribution in [0, 0.1) is 11.3 Å². The molecule has 2 aromatic heterocycles. The third-order valence-corrected chi connectivity index (χ3v) is 11.2. The van der Waals surface area contributed by atoms with Gasteiger partial charge in [0.15, 0.2) is 0 Å². The first-order valence-corrected chi connectivity index (χ1v) is 16.9. The minimum absolute atomic E-state index is 0.674. The molecular formula is C43H25NS2. The fourth-order valence-corrected chi connectivity index (χ4v) is 9.09. The Bertz CT molecular complexity index is 2520. The van der Waals surface area contributed by atoms with Crippen molar-refractivity contribution in [1.29, 1.82) is 5.26 Å². The first kappa shape index (κ1) is 26.8. The van der Waals surface area contributed by atoms with Gasteiger partial charge in [-0.25, -0.2) is 0 Å². The van der Waals surface area contributed by atoms with E-state index >= 15 is 0 Å². The van der Waals surface area contributed by atoms with Gasteiger partial charge in [-0.05, 0) is 93.0 Å². The highest BCUT2D eigenvalue weighted by Gasteiger charge is 2.17. The zero-order chi connectivity index (χ0) is 30.6. The highest BCUT2D eigenvalue weighted by Crippen LogP contribution is 2.45. The van der Waals surface area contributed by atoms with Gasteiger partial charge in [-0.3, -0.25) is 0 Å². The highest BCUT2D eigenvalue weighted by molar-refractivity contribution is 7.26. The summed E-state index contributed by atoms with van der Waals surface area (Å²) in [5.41, 5.74) is 9.59. The summed E-state index contributed by atoms with van der Waals surface area (Å²) in [6, 6.07) is 56.6. The van der Waals surface area contributed by atoms with Crippen LogP contribution >= 0.6 is 22.7 Å². The fourth-order valence-electron chi connectivity index (χ4n) is 6.82. The number of hydrogen-bond acceptors (Lipinski definition) is 3. The van der Waals surface area contributed by atoms with E-state index in [1.807, 2.05) is 46.9 Å². The number of fused-ring (bicyclic) bond motifs is 6. The van der Waals surface area contributed by atoms with Crippen molar-refractivity contribution in [3.05, 3.63) is 157 Å². The molecule has 0 unspecified atom stereocenters. The molecule has 46 heavy (non-hydrogen) atoms. The Morgan fingerprint density at radius 3 is 1.48 bits per heavy atom. The summed E-state index contributed by atoms with van der Waals surface area (Å²) in [6.07, 6.45) is 0. The van der Waals surface area contributed by atoms with E-state index in [4.69, 9.17) is 0 Å². The van der Waals surface area contributed by atoms with Crippen molar-refractivity contribution < 1.29 is 0 Å². The van der Waals surface area contributed by atoms with E-state index in [-0.39, 0.29) is 0 Å². The third-order valence-electron chi connectivity index (χ3n) is 8.92. The molecular weight excluding hydrogens is 595 g/mol. The number of thiophene rings is 2. The zero-order valence-corrected chi connectivity index (χ0v) is 26.3. The summed E-state index contributed by atoms with van der Waals surface area (Å²) in [6.45, 7) is 0. The quantitative estimate of drug-likeness (QED) is 0.192. The topological polar surface area (TPSA) is 23.8 Å². The summed E-state index contributed by atoms with van der Waals surface area (Å²) in [5.74, 6) is 0. The Morgan fingerprint density at radius 1 is 0.370 bits per heavy atom. The van der Waals surface area contributed by atoms with E-state index in [0.717, 1.165) is 22.3 Å². The molecule has 7 aromatic carbocycles. The molecule has 0 aliphatic rings. The lowest BCUT2D eigenvalue weighted by atomic mass is 9.89. The van der Waals surface area contributed by atoms with Crippen LogP contribution in [-0.4, -0.2) is 0 Å². The standard InChI is InChI=1S/C43H25NS2/c44-26-32-22-28(20-21-33(32)27-10-2-1-3-11-27)29-23-30(34-14-8-18-40-42(34)36-12-4-6-16-38(36)45-40)25-31(24-29)35-15-9-19-41-43(35)37-13-5-7-17-39(37)46-41/h1-25H. The molecule has 0 N–H and O–H groups in total. The van der Waals surface area contributed by atoms with E-state index in [9.17, 15) is 5.26 Å². The van der Waals surface area contributed by atoms with Crippen LogP contribution in [-0.2, 0) is 0 Å². The largest absolute Gasteiger partial charge is 0.192 e. The van der Waals surface area contributed by atoms with Crippen molar-refractivity contribution in [3.63, 3.8) is 0 Å². The molecule has 0 bridgehead atoms. The Morgan fingerprint density at radius 2 is 0.891 bits per heavy atom. The number of nitrogens with zero attached hydrogens (tertiary/aromatic N) is 1. The average molecular weight is 620 g/mol. The first-order valence-electron chi connectivity index (χ1n) is 15.3. The van der Waals surface area contributed by atoms with Crippen LogP contribution in [0.15, 0.2) is 152 Å². The van der Waals surface area contributed by atoms with E-state index in [2.05, 4.69) is 133 Å². The van der Waals surface area contributed by atoms with Crippen LogP contribution in [0.3, 0.4) is 0 Å². The van der Waals surface area contributed by atoms with Crippen molar-refractivity contribution in [1.82, 2.24) is 0 Å². The summed E-state index contributed by atoms with van der Waals surface area (Å²) < 4.78 is 5.17. The minimum atomic E-state index is 0.674. The minimum Gasteiger partial charge on any atom is -0.192 e. The molecule has 0 aliphatic carbocycles. The number of benzene rings is 7. The fraction of sp³-hybridized carbons (Fsp3) is 0. The summed E-state index contributed by atoms with van der Waals surface area (Å²) in [4.78, 5) is 0. The lowest BCUT2D eigenvalue weighted by Gasteiger charge is -2.14. The first-order chi connectivity index (χ1) is 22.7. The second-order valence-corrected chi connectivity index (χ2v) is 13.8. The van der Waals surface area contributed by atoms with Crippen LogP contribution in [0.4, 0.5) is 0 Å². The number of nitriles is 1. The lowest BCUT2D eigenvalue weighted by Crippen LogP contribution is -1.90. The molecule has 9 rings (SSSR count). The molecule has 0 saturated heterocycles. The predicted octanol–water partition coefficient (Wildman–Crippen LogP) is 13.0. The molecule has 0 saturated carbocycles. The average Bonchev–Trinajstić information content (AvgIpc) is 3.70. The second kappa shape index (κ2) is 10.8. The van der Waals surface area contributed by atoms with Crippen molar-refractivity contribution in [2.24, 2.45) is 0 Å². The molecule has 0 fully saturated rings. The Hall–Kier alpha value is -5.53. The van der Waals surface area contributed by atoms with Gasteiger partial charge in [0.2, 0.25) is 0 Å². The smallest absolute Gasteiger partial charge is 0.0998 e. The highest BCUT2D eigenvalue weighted by atomic mass is 32.1. The van der Waals surface area contributed by atoms with E-state index in [1.165, 1.54) is 62.6 Å². The van der Waals surface area contributed by atoms with Crippen molar-refractivity contribution in [3.8, 4) is 50.6 Å². The molecule has 3 heteroatoms. The summed E-state index contributed by atoms with van der Waals surface area (Å²) >= 11 is 3.69. The molecule has 0 amide bonds. The van der Waals surface area contributed by atoms with Gasteiger partial charge in [0, 0.05) is 40.3 Å². The van der Waals surface area contributed by atoms with Gasteiger partial charge in [-0.15, -0.1) is 22.7 Å². The normalized spacial score (nSPS) is 11.5. The van der Waals surface area contributed by atoms with Gasteiger partial charge in [0.05, 0.1) is 11.6 Å². The molecule has 2 heterocycles.